The molecule has 1 aliphatic rings. The molecule has 0 unspecified atom stereocenters. The Kier molecular flexibility index (Phi) is 3.12. The first kappa shape index (κ1) is 13.6. The quantitative estimate of drug-likeness (QED) is 0.679. The third-order valence-electron chi connectivity index (χ3n) is 4.03. The molecule has 1 aromatic heterocycles. The van der Waals surface area contributed by atoms with Crippen molar-refractivity contribution in [2.45, 2.75) is 12.8 Å². The first-order chi connectivity index (χ1) is 11.2. The highest BCUT2D eigenvalue weighted by Gasteiger charge is 2.16. The van der Waals surface area contributed by atoms with E-state index in [9.17, 15) is 9.59 Å². The molecule has 23 heavy (non-hydrogen) atoms. The molecular weight excluding hydrogens is 290 g/mol. The Morgan fingerprint density at radius 3 is 2.78 bits per heavy atom. The molecule has 1 aliphatic heterocycles. The highest BCUT2D eigenvalue weighted by atomic mass is 16.2. The molecule has 5 heteroatoms. The molecule has 2 amide bonds. The minimum absolute atomic E-state index is 0.0346. The van der Waals surface area contributed by atoms with Gasteiger partial charge < -0.3 is 15.6 Å². The Hall–Kier alpha value is -3.08. The van der Waals surface area contributed by atoms with E-state index in [1.807, 2.05) is 42.5 Å². The highest BCUT2D eigenvalue weighted by molar-refractivity contribution is 6.06. The molecule has 0 aliphatic carbocycles. The maximum atomic E-state index is 12.4. The van der Waals surface area contributed by atoms with Crippen molar-refractivity contribution < 1.29 is 9.59 Å². The van der Waals surface area contributed by atoms with E-state index in [4.69, 9.17) is 0 Å². The number of hydrogen-bond donors (Lipinski definition) is 3. The van der Waals surface area contributed by atoms with Crippen LogP contribution in [0.1, 0.15) is 22.5 Å². The lowest BCUT2D eigenvalue weighted by molar-refractivity contribution is -0.116. The predicted molar refractivity (Wildman–Crippen MR) is 89.6 cm³/mol. The van der Waals surface area contributed by atoms with Crippen molar-refractivity contribution in [2.75, 3.05) is 10.6 Å². The van der Waals surface area contributed by atoms with Crippen molar-refractivity contribution in [2.24, 2.45) is 0 Å². The van der Waals surface area contributed by atoms with Crippen molar-refractivity contribution in [3.05, 3.63) is 59.8 Å². The second kappa shape index (κ2) is 5.28. The number of benzene rings is 2. The summed E-state index contributed by atoms with van der Waals surface area (Å²) in [6.45, 7) is 0. The van der Waals surface area contributed by atoms with Crippen LogP contribution in [-0.2, 0) is 11.2 Å². The number of fused-ring (bicyclic) bond motifs is 2. The van der Waals surface area contributed by atoms with Gasteiger partial charge in [-0.3, -0.25) is 9.59 Å². The van der Waals surface area contributed by atoms with Crippen LogP contribution in [0.5, 0.6) is 0 Å². The largest absolute Gasteiger partial charge is 0.351 e. The summed E-state index contributed by atoms with van der Waals surface area (Å²) in [6, 6.07) is 15.1. The number of H-pyrrole nitrogens is 1. The van der Waals surface area contributed by atoms with Gasteiger partial charge in [-0.15, -0.1) is 0 Å². The topological polar surface area (TPSA) is 74.0 Å². The van der Waals surface area contributed by atoms with E-state index in [-0.39, 0.29) is 11.8 Å². The Balaban J connectivity index is 1.57. The lowest BCUT2D eigenvalue weighted by Crippen LogP contribution is -2.19. The molecule has 0 spiro atoms. The molecule has 0 atom stereocenters. The Morgan fingerprint density at radius 2 is 1.91 bits per heavy atom. The van der Waals surface area contributed by atoms with Gasteiger partial charge in [0.2, 0.25) is 5.91 Å². The minimum Gasteiger partial charge on any atom is -0.351 e. The number of aryl methyl sites for hydroxylation is 1. The molecule has 2 heterocycles. The van der Waals surface area contributed by atoms with Crippen LogP contribution >= 0.6 is 0 Å². The molecule has 0 saturated carbocycles. The molecule has 3 N–H and O–H groups in total. The number of anilines is 2. The van der Waals surface area contributed by atoms with Gasteiger partial charge in [-0.1, -0.05) is 18.2 Å². The van der Waals surface area contributed by atoms with Crippen LogP contribution in [-0.4, -0.2) is 16.8 Å². The van der Waals surface area contributed by atoms with Crippen LogP contribution in [0.2, 0.25) is 0 Å². The van der Waals surface area contributed by atoms with E-state index < -0.39 is 0 Å². The van der Waals surface area contributed by atoms with Crippen LogP contribution in [0.4, 0.5) is 11.4 Å². The number of carbonyl (C=O) groups excluding carboxylic acids is 2. The van der Waals surface area contributed by atoms with Crippen molar-refractivity contribution in [3.63, 3.8) is 0 Å². The summed E-state index contributed by atoms with van der Waals surface area (Å²) >= 11 is 0. The Labute approximate surface area is 132 Å². The van der Waals surface area contributed by atoms with E-state index in [1.165, 1.54) is 0 Å². The smallest absolute Gasteiger partial charge is 0.272 e. The van der Waals surface area contributed by atoms with Crippen molar-refractivity contribution in [1.29, 1.82) is 0 Å². The second-order valence-electron chi connectivity index (χ2n) is 5.64. The normalized spacial score (nSPS) is 13.5. The summed E-state index contributed by atoms with van der Waals surface area (Å²) in [6.07, 6.45) is 1.17. The minimum atomic E-state index is -0.180. The number of nitrogens with one attached hydrogen (secondary N) is 3. The average Bonchev–Trinajstić information content (AvgIpc) is 2.99. The maximum absolute atomic E-state index is 12.4. The van der Waals surface area contributed by atoms with Crippen LogP contribution in [0.3, 0.4) is 0 Å². The Bertz CT molecular complexity index is 894. The fourth-order valence-corrected chi connectivity index (χ4v) is 2.86. The van der Waals surface area contributed by atoms with Crippen molar-refractivity contribution in [1.82, 2.24) is 4.98 Å². The van der Waals surface area contributed by atoms with E-state index in [1.54, 1.807) is 6.07 Å². The third-order valence-corrected chi connectivity index (χ3v) is 4.03. The van der Waals surface area contributed by atoms with Gasteiger partial charge in [-0.25, -0.2) is 0 Å². The van der Waals surface area contributed by atoms with Gasteiger partial charge in [0.05, 0.1) is 0 Å². The van der Waals surface area contributed by atoms with Crippen LogP contribution in [0.25, 0.3) is 10.9 Å². The second-order valence-corrected chi connectivity index (χ2v) is 5.64. The fraction of sp³-hybridized carbons (Fsp3) is 0.111. The van der Waals surface area contributed by atoms with Gasteiger partial charge >= 0.3 is 0 Å². The number of aromatic amines is 1. The SMILES string of the molecule is O=C1CCc2cc(NC(=O)c3cc4ccccc4[nH]3)ccc2N1. The molecule has 2 aromatic carbocycles. The molecular formula is C18H15N3O2. The average molecular weight is 305 g/mol. The molecule has 0 bridgehead atoms. The number of amides is 2. The van der Waals surface area contributed by atoms with E-state index in [0.717, 1.165) is 27.8 Å². The number of aromatic nitrogens is 1. The van der Waals surface area contributed by atoms with Crippen LogP contribution in [0.15, 0.2) is 48.5 Å². The van der Waals surface area contributed by atoms with E-state index >= 15 is 0 Å². The standard InChI is InChI=1S/C18H15N3O2/c22-17-8-5-12-9-13(6-7-15(12)21-17)19-18(23)16-10-11-3-1-2-4-14(11)20-16/h1-4,6-7,9-10,20H,5,8H2,(H,19,23)(H,21,22). The molecule has 5 nitrogen and oxygen atoms in total. The zero-order chi connectivity index (χ0) is 15.8. The molecule has 3 aromatic rings. The van der Waals surface area contributed by atoms with E-state index in [0.29, 0.717) is 18.5 Å². The first-order valence-electron chi connectivity index (χ1n) is 7.51. The molecule has 114 valence electrons. The molecule has 0 radical (unpaired) electrons. The van der Waals surface area contributed by atoms with Crippen LogP contribution in [0, 0.1) is 0 Å². The lowest BCUT2D eigenvalue weighted by atomic mass is 10.0. The number of hydrogen-bond acceptors (Lipinski definition) is 2. The third kappa shape index (κ3) is 2.57. The lowest BCUT2D eigenvalue weighted by Gasteiger charge is -2.17. The van der Waals surface area contributed by atoms with Crippen LogP contribution < -0.4 is 10.6 Å². The summed E-state index contributed by atoms with van der Waals surface area (Å²) in [7, 11) is 0. The van der Waals surface area contributed by atoms with E-state index in [2.05, 4.69) is 15.6 Å². The summed E-state index contributed by atoms with van der Waals surface area (Å²) in [5, 5.41) is 6.74. The monoisotopic (exact) mass is 305 g/mol. The highest BCUT2D eigenvalue weighted by Crippen LogP contribution is 2.26. The van der Waals surface area contributed by atoms with Crippen molar-refractivity contribution in [3.8, 4) is 0 Å². The molecule has 0 saturated heterocycles. The summed E-state index contributed by atoms with van der Waals surface area (Å²) in [4.78, 5) is 26.9. The Morgan fingerprint density at radius 1 is 1.04 bits per heavy atom. The summed E-state index contributed by atoms with van der Waals surface area (Å²) in [5.74, 6) is -0.145. The van der Waals surface area contributed by atoms with Gasteiger partial charge in [0.1, 0.15) is 5.69 Å². The number of para-hydroxylation sites is 1. The fourth-order valence-electron chi connectivity index (χ4n) is 2.86. The summed E-state index contributed by atoms with van der Waals surface area (Å²) < 4.78 is 0. The first-order valence-corrected chi connectivity index (χ1v) is 7.51. The number of rotatable bonds is 2. The number of carbonyl (C=O) groups is 2. The van der Waals surface area contributed by atoms with Gasteiger partial charge in [0, 0.05) is 28.7 Å². The molecule has 4 rings (SSSR count). The summed E-state index contributed by atoms with van der Waals surface area (Å²) in [5.41, 5.74) is 4.05. The molecule has 0 fully saturated rings. The van der Waals surface area contributed by atoms with Gasteiger partial charge in [0.15, 0.2) is 0 Å². The van der Waals surface area contributed by atoms with Crippen molar-refractivity contribution >= 4 is 34.1 Å². The van der Waals surface area contributed by atoms with Gasteiger partial charge in [-0.2, -0.15) is 0 Å². The zero-order valence-corrected chi connectivity index (χ0v) is 12.3. The van der Waals surface area contributed by atoms with Gasteiger partial charge in [-0.05, 0) is 42.3 Å². The zero-order valence-electron chi connectivity index (χ0n) is 12.3. The van der Waals surface area contributed by atoms with Gasteiger partial charge in [0.25, 0.3) is 5.91 Å². The maximum Gasteiger partial charge on any atom is 0.272 e. The predicted octanol–water partition coefficient (Wildman–Crippen LogP) is 3.30.